The van der Waals surface area contributed by atoms with E-state index in [0.717, 1.165) is 5.76 Å². The van der Waals surface area contributed by atoms with Crippen molar-refractivity contribution >= 4 is 23.3 Å². The molecule has 3 nitrogen and oxygen atoms in total. The summed E-state index contributed by atoms with van der Waals surface area (Å²) < 4.78 is 20.2. The van der Waals surface area contributed by atoms with Gasteiger partial charge in [-0.15, -0.1) is 0 Å². The van der Waals surface area contributed by atoms with Gasteiger partial charge in [0.2, 0.25) is 0 Å². The Kier molecular flexibility index (Phi) is 4.03. The number of nitrogens with zero attached hydrogens (tertiary/aromatic N) is 1. The summed E-state index contributed by atoms with van der Waals surface area (Å²) in [7, 11) is -1.20. The van der Waals surface area contributed by atoms with Crippen molar-refractivity contribution in [2.75, 3.05) is 0 Å². The number of rotatable bonds is 3. The normalized spacial score (nSPS) is 15.1. The third-order valence-corrected chi connectivity index (χ3v) is 2.93. The van der Waals surface area contributed by atoms with Crippen molar-refractivity contribution < 1.29 is 8.63 Å². The van der Waals surface area contributed by atoms with Gasteiger partial charge in [-0.25, -0.2) is 4.21 Å². The summed E-state index contributed by atoms with van der Waals surface area (Å²) in [5, 5.41) is 0. The zero-order valence-electron chi connectivity index (χ0n) is 9.14. The molecule has 0 spiro atoms. The fraction of sp³-hybridized carbons (Fsp3) is 0.364. The first-order chi connectivity index (χ1) is 7.00. The summed E-state index contributed by atoms with van der Waals surface area (Å²) in [5.41, 5.74) is 0. The molecule has 0 unspecified atom stereocenters. The molecule has 0 N–H and O–H groups in total. The van der Waals surface area contributed by atoms with Gasteiger partial charge in [0.05, 0.1) is 11.0 Å². The first-order valence-corrected chi connectivity index (χ1v) is 5.77. The van der Waals surface area contributed by atoms with Gasteiger partial charge in [0, 0.05) is 6.21 Å². The highest BCUT2D eigenvalue weighted by Gasteiger charge is 2.17. The molecule has 0 aliphatic carbocycles. The third kappa shape index (κ3) is 4.25. The van der Waals surface area contributed by atoms with Crippen LogP contribution in [0.2, 0.25) is 0 Å². The van der Waals surface area contributed by atoms with Crippen molar-refractivity contribution in [3.8, 4) is 0 Å². The van der Waals surface area contributed by atoms with E-state index in [4.69, 9.17) is 4.42 Å². The highest BCUT2D eigenvalue weighted by molar-refractivity contribution is 7.85. The second-order valence-corrected chi connectivity index (χ2v) is 5.92. The first-order valence-electron chi connectivity index (χ1n) is 4.66. The van der Waals surface area contributed by atoms with Gasteiger partial charge in [-0.05, 0) is 45.1 Å². The maximum absolute atomic E-state index is 11.5. The summed E-state index contributed by atoms with van der Waals surface area (Å²) in [6.07, 6.45) is 6.61. The predicted molar refractivity (Wildman–Crippen MR) is 64.1 cm³/mol. The van der Waals surface area contributed by atoms with Crippen LogP contribution in [0.1, 0.15) is 26.5 Å². The molecular formula is C11H15NO2S. The van der Waals surface area contributed by atoms with Crippen LogP contribution in [0.5, 0.6) is 0 Å². The zero-order chi connectivity index (χ0) is 11.3. The maximum Gasteiger partial charge on any atom is 0.144 e. The lowest BCUT2D eigenvalue weighted by molar-refractivity contribution is 0.557. The van der Waals surface area contributed by atoms with Gasteiger partial charge < -0.3 is 4.42 Å². The molecular weight excluding hydrogens is 210 g/mol. The largest absolute Gasteiger partial charge is 0.465 e. The average molecular weight is 225 g/mol. The summed E-state index contributed by atoms with van der Waals surface area (Å²) in [5.74, 6) is 0.753. The third-order valence-electron chi connectivity index (χ3n) is 1.57. The van der Waals surface area contributed by atoms with Crippen molar-refractivity contribution in [2.45, 2.75) is 25.5 Å². The lowest BCUT2D eigenvalue weighted by atomic mass is 10.3. The quantitative estimate of drug-likeness (QED) is 0.742. The Balaban J connectivity index is 2.50. The average Bonchev–Trinajstić information content (AvgIpc) is 2.63. The van der Waals surface area contributed by atoms with Crippen LogP contribution in [0.4, 0.5) is 0 Å². The minimum Gasteiger partial charge on any atom is -0.465 e. The zero-order valence-corrected chi connectivity index (χ0v) is 9.95. The van der Waals surface area contributed by atoms with Crippen LogP contribution in [0.3, 0.4) is 0 Å². The molecule has 82 valence electrons. The molecule has 0 saturated carbocycles. The minimum atomic E-state index is -1.20. The molecule has 0 radical (unpaired) electrons. The van der Waals surface area contributed by atoms with Crippen molar-refractivity contribution in [1.82, 2.24) is 0 Å². The van der Waals surface area contributed by atoms with Crippen LogP contribution in [0, 0.1) is 0 Å². The van der Waals surface area contributed by atoms with Gasteiger partial charge in [-0.1, -0.05) is 0 Å². The second-order valence-electron chi connectivity index (χ2n) is 3.99. The van der Waals surface area contributed by atoms with Crippen LogP contribution >= 0.6 is 0 Å². The van der Waals surface area contributed by atoms with Gasteiger partial charge in [0.15, 0.2) is 0 Å². The molecule has 1 aromatic rings. The van der Waals surface area contributed by atoms with Crippen LogP contribution < -0.4 is 0 Å². The van der Waals surface area contributed by atoms with Crippen LogP contribution in [0.25, 0.3) is 6.08 Å². The van der Waals surface area contributed by atoms with Crippen molar-refractivity contribution in [3.05, 3.63) is 30.2 Å². The molecule has 0 fully saturated rings. The highest BCUT2D eigenvalue weighted by atomic mass is 32.2. The lowest BCUT2D eigenvalue weighted by Crippen LogP contribution is -2.19. The van der Waals surface area contributed by atoms with Crippen molar-refractivity contribution in [3.63, 3.8) is 0 Å². The van der Waals surface area contributed by atoms with Gasteiger partial charge in [0.25, 0.3) is 0 Å². The molecule has 1 heterocycles. The van der Waals surface area contributed by atoms with Crippen LogP contribution in [-0.4, -0.2) is 15.2 Å². The molecule has 0 amide bonds. The second kappa shape index (κ2) is 5.07. The molecule has 0 aromatic carbocycles. The van der Waals surface area contributed by atoms with Crippen molar-refractivity contribution in [1.29, 1.82) is 0 Å². The maximum atomic E-state index is 11.5. The molecule has 15 heavy (non-hydrogen) atoms. The summed E-state index contributed by atoms with van der Waals surface area (Å²) in [4.78, 5) is 0. The van der Waals surface area contributed by atoms with E-state index in [9.17, 15) is 4.21 Å². The SMILES string of the molecule is CC(C)(C)[S@@](=O)/N=C/C=C/c1ccco1. The molecule has 4 heteroatoms. The summed E-state index contributed by atoms with van der Waals surface area (Å²) in [6, 6.07) is 3.65. The van der Waals surface area contributed by atoms with Gasteiger partial charge >= 0.3 is 0 Å². The standard InChI is InChI=1S/C11H15NO2S/c1-11(2,3)15(13)12-8-4-6-10-7-5-9-14-10/h4-9H,1-3H3/b6-4+,12-8+/t15-/m1/s1. The molecule has 1 aromatic heterocycles. The van der Waals surface area contributed by atoms with E-state index in [1.807, 2.05) is 32.9 Å². The number of allylic oxidation sites excluding steroid dienone is 1. The summed E-state index contributed by atoms with van der Waals surface area (Å²) in [6.45, 7) is 5.66. The predicted octanol–water partition coefficient (Wildman–Crippen LogP) is 2.83. The summed E-state index contributed by atoms with van der Waals surface area (Å²) >= 11 is 0. The number of furan rings is 1. The monoisotopic (exact) mass is 225 g/mol. The topological polar surface area (TPSA) is 42.6 Å². The lowest BCUT2D eigenvalue weighted by Gasteiger charge is -2.12. The van der Waals surface area contributed by atoms with Crippen molar-refractivity contribution in [2.24, 2.45) is 4.40 Å². The van der Waals surface area contributed by atoms with E-state index in [1.165, 1.54) is 6.21 Å². The highest BCUT2D eigenvalue weighted by Crippen LogP contribution is 2.11. The van der Waals surface area contributed by atoms with Crippen LogP contribution in [-0.2, 0) is 11.0 Å². The fourth-order valence-electron chi connectivity index (χ4n) is 0.772. The smallest absolute Gasteiger partial charge is 0.144 e. The van der Waals surface area contributed by atoms with Crippen LogP contribution in [0.15, 0.2) is 33.3 Å². The molecule has 0 aliphatic heterocycles. The fourth-order valence-corrected chi connectivity index (χ4v) is 1.27. The Hall–Kier alpha value is -1.16. The first kappa shape index (κ1) is 11.9. The molecule has 1 atom stereocenters. The van der Waals surface area contributed by atoms with E-state index in [0.29, 0.717) is 0 Å². The van der Waals surface area contributed by atoms with Gasteiger partial charge in [0.1, 0.15) is 16.7 Å². The number of hydrogen-bond donors (Lipinski definition) is 0. The van der Waals surface area contributed by atoms with Gasteiger partial charge in [-0.3, -0.25) is 0 Å². The Labute approximate surface area is 92.5 Å². The molecule has 0 aliphatic rings. The van der Waals surface area contributed by atoms with E-state index >= 15 is 0 Å². The molecule has 1 rings (SSSR count). The Morgan fingerprint density at radius 3 is 2.73 bits per heavy atom. The Bertz CT molecular complexity index is 372. The van der Waals surface area contributed by atoms with E-state index in [2.05, 4.69) is 4.40 Å². The van der Waals surface area contributed by atoms with E-state index < -0.39 is 11.0 Å². The Morgan fingerprint density at radius 1 is 1.47 bits per heavy atom. The Morgan fingerprint density at radius 2 is 2.20 bits per heavy atom. The van der Waals surface area contributed by atoms with E-state index in [1.54, 1.807) is 18.4 Å². The minimum absolute atomic E-state index is 0.310. The number of hydrogen-bond acceptors (Lipinski definition) is 2. The molecule has 0 bridgehead atoms. The van der Waals surface area contributed by atoms with Gasteiger partial charge in [-0.2, -0.15) is 4.40 Å². The van der Waals surface area contributed by atoms with E-state index in [-0.39, 0.29) is 4.75 Å². The molecule has 0 saturated heterocycles.